The SMILES string of the molecule is Cc1cccc(C(C)C)c1NC(=O)S. The molecule has 0 spiro atoms. The van der Waals surface area contributed by atoms with E-state index in [0.717, 1.165) is 16.8 Å². The highest BCUT2D eigenvalue weighted by Gasteiger charge is 2.09. The second kappa shape index (κ2) is 4.51. The minimum atomic E-state index is -0.318. The molecule has 0 aromatic heterocycles. The Hall–Kier alpha value is -0.960. The lowest BCUT2D eigenvalue weighted by Gasteiger charge is -2.14. The maximum atomic E-state index is 10.9. The summed E-state index contributed by atoms with van der Waals surface area (Å²) < 4.78 is 0. The van der Waals surface area contributed by atoms with E-state index in [1.54, 1.807) is 0 Å². The number of thiol groups is 1. The lowest BCUT2D eigenvalue weighted by atomic mass is 9.98. The molecule has 1 aromatic carbocycles. The quantitative estimate of drug-likeness (QED) is 0.716. The molecule has 0 bridgehead atoms. The molecule has 0 fully saturated rings. The average Bonchev–Trinajstić information content (AvgIpc) is 2.07. The van der Waals surface area contributed by atoms with Crippen LogP contribution in [0.4, 0.5) is 10.5 Å². The van der Waals surface area contributed by atoms with E-state index >= 15 is 0 Å². The number of rotatable bonds is 2. The maximum Gasteiger partial charge on any atom is 0.280 e. The van der Waals surface area contributed by atoms with Crippen LogP contribution in [0.5, 0.6) is 0 Å². The largest absolute Gasteiger partial charge is 0.317 e. The first-order valence-corrected chi connectivity index (χ1v) is 5.06. The summed E-state index contributed by atoms with van der Waals surface area (Å²) in [5.41, 5.74) is 3.11. The molecule has 0 aliphatic heterocycles. The number of anilines is 1. The molecule has 0 saturated carbocycles. The Bertz CT molecular complexity index is 347. The predicted molar refractivity (Wildman–Crippen MR) is 63.3 cm³/mol. The van der Waals surface area contributed by atoms with E-state index in [1.165, 1.54) is 0 Å². The molecule has 14 heavy (non-hydrogen) atoms. The fraction of sp³-hybridized carbons (Fsp3) is 0.364. The molecule has 0 radical (unpaired) electrons. The molecule has 76 valence electrons. The van der Waals surface area contributed by atoms with Crippen molar-refractivity contribution < 1.29 is 4.79 Å². The van der Waals surface area contributed by atoms with Crippen LogP contribution in [0, 0.1) is 6.92 Å². The zero-order valence-corrected chi connectivity index (χ0v) is 9.56. The molecule has 0 aliphatic rings. The van der Waals surface area contributed by atoms with Crippen molar-refractivity contribution in [1.82, 2.24) is 0 Å². The second-order valence-electron chi connectivity index (χ2n) is 3.62. The standard InChI is InChI=1S/C11H15NOS/c1-7(2)9-6-4-5-8(3)10(9)12-11(13)14/h4-7H,1-3H3,(H2,12,13,14). The Kier molecular flexibility index (Phi) is 3.58. The van der Waals surface area contributed by atoms with Crippen molar-refractivity contribution >= 4 is 23.6 Å². The monoisotopic (exact) mass is 209 g/mol. The molecule has 0 atom stereocenters. The Morgan fingerprint density at radius 3 is 2.57 bits per heavy atom. The first-order valence-electron chi connectivity index (χ1n) is 4.62. The molecular weight excluding hydrogens is 194 g/mol. The van der Waals surface area contributed by atoms with E-state index in [1.807, 2.05) is 25.1 Å². The fourth-order valence-corrected chi connectivity index (χ4v) is 1.56. The highest BCUT2D eigenvalue weighted by molar-refractivity contribution is 7.96. The van der Waals surface area contributed by atoms with Gasteiger partial charge in [-0.3, -0.25) is 4.79 Å². The van der Waals surface area contributed by atoms with Crippen molar-refractivity contribution in [3.05, 3.63) is 29.3 Å². The van der Waals surface area contributed by atoms with Gasteiger partial charge in [-0.05, 0) is 24.0 Å². The van der Waals surface area contributed by atoms with Crippen LogP contribution in [-0.4, -0.2) is 5.24 Å². The molecule has 1 rings (SSSR count). The summed E-state index contributed by atoms with van der Waals surface area (Å²) in [6.07, 6.45) is 0. The van der Waals surface area contributed by atoms with Crippen molar-refractivity contribution in [1.29, 1.82) is 0 Å². The van der Waals surface area contributed by atoms with E-state index in [0.29, 0.717) is 5.92 Å². The summed E-state index contributed by atoms with van der Waals surface area (Å²) in [5, 5.41) is 2.43. The molecule has 2 nitrogen and oxygen atoms in total. The van der Waals surface area contributed by atoms with Gasteiger partial charge in [-0.15, -0.1) is 0 Å². The van der Waals surface area contributed by atoms with Gasteiger partial charge in [0.1, 0.15) is 0 Å². The van der Waals surface area contributed by atoms with Crippen LogP contribution < -0.4 is 5.32 Å². The number of para-hydroxylation sites is 1. The fourth-order valence-electron chi connectivity index (χ4n) is 1.45. The van der Waals surface area contributed by atoms with Gasteiger partial charge < -0.3 is 5.32 Å². The van der Waals surface area contributed by atoms with Crippen molar-refractivity contribution in [2.75, 3.05) is 5.32 Å². The molecule has 3 heteroatoms. The summed E-state index contributed by atoms with van der Waals surface area (Å²) >= 11 is 3.72. The first-order chi connectivity index (χ1) is 6.52. The highest BCUT2D eigenvalue weighted by Crippen LogP contribution is 2.27. The van der Waals surface area contributed by atoms with Crippen LogP contribution in [0.1, 0.15) is 30.9 Å². The Balaban J connectivity index is 3.15. The number of benzene rings is 1. The molecule has 1 aromatic rings. The maximum absolute atomic E-state index is 10.9. The van der Waals surface area contributed by atoms with Gasteiger partial charge in [-0.2, -0.15) is 0 Å². The Morgan fingerprint density at radius 1 is 1.43 bits per heavy atom. The third-order valence-electron chi connectivity index (χ3n) is 2.16. The van der Waals surface area contributed by atoms with Gasteiger partial charge in [0.05, 0.1) is 0 Å². The van der Waals surface area contributed by atoms with Gasteiger partial charge in [-0.1, -0.05) is 44.7 Å². The predicted octanol–water partition coefficient (Wildman–Crippen LogP) is 3.58. The highest BCUT2D eigenvalue weighted by atomic mass is 32.1. The third kappa shape index (κ3) is 2.51. The van der Waals surface area contributed by atoms with Crippen LogP contribution in [0.25, 0.3) is 0 Å². The minimum absolute atomic E-state index is 0.318. The van der Waals surface area contributed by atoms with Gasteiger partial charge >= 0.3 is 0 Å². The number of hydrogen-bond acceptors (Lipinski definition) is 1. The van der Waals surface area contributed by atoms with E-state index in [4.69, 9.17) is 0 Å². The summed E-state index contributed by atoms with van der Waals surface area (Å²) in [6, 6.07) is 6.00. The summed E-state index contributed by atoms with van der Waals surface area (Å²) in [4.78, 5) is 10.9. The van der Waals surface area contributed by atoms with Crippen molar-refractivity contribution in [3.8, 4) is 0 Å². The topological polar surface area (TPSA) is 29.1 Å². The van der Waals surface area contributed by atoms with Crippen LogP contribution in [-0.2, 0) is 0 Å². The zero-order valence-electron chi connectivity index (χ0n) is 8.66. The Labute approximate surface area is 90.1 Å². The van der Waals surface area contributed by atoms with Crippen molar-refractivity contribution in [2.45, 2.75) is 26.7 Å². The van der Waals surface area contributed by atoms with Crippen molar-refractivity contribution in [2.24, 2.45) is 0 Å². The lowest BCUT2D eigenvalue weighted by molar-refractivity contribution is 0.270. The van der Waals surface area contributed by atoms with Crippen LogP contribution >= 0.6 is 12.6 Å². The van der Waals surface area contributed by atoms with Gasteiger partial charge in [0.2, 0.25) is 0 Å². The molecule has 0 aliphatic carbocycles. The zero-order chi connectivity index (χ0) is 10.7. The van der Waals surface area contributed by atoms with Gasteiger partial charge in [0.25, 0.3) is 5.24 Å². The number of hydrogen-bond donors (Lipinski definition) is 2. The van der Waals surface area contributed by atoms with Gasteiger partial charge in [-0.25, -0.2) is 0 Å². The molecule has 1 amide bonds. The molecule has 0 saturated heterocycles. The Morgan fingerprint density at radius 2 is 2.07 bits per heavy atom. The van der Waals surface area contributed by atoms with Gasteiger partial charge in [0.15, 0.2) is 0 Å². The van der Waals surface area contributed by atoms with E-state index in [9.17, 15) is 4.79 Å². The van der Waals surface area contributed by atoms with Crippen LogP contribution in [0.15, 0.2) is 18.2 Å². The molecule has 0 heterocycles. The summed E-state index contributed by atoms with van der Waals surface area (Å²) in [7, 11) is 0. The minimum Gasteiger partial charge on any atom is -0.317 e. The first kappa shape index (κ1) is 11.1. The summed E-state index contributed by atoms with van der Waals surface area (Å²) in [5.74, 6) is 0.394. The van der Waals surface area contributed by atoms with E-state index in [2.05, 4.69) is 31.8 Å². The van der Waals surface area contributed by atoms with Crippen molar-refractivity contribution in [3.63, 3.8) is 0 Å². The normalized spacial score (nSPS) is 10.4. The molecule has 0 unspecified atom stereocenters. The third-order valence-corrected chi connectivity index (χ3v) is 2.27. The van der Waals surface area contributed by atoms with Crippen LogP contribution in [0.2, 0.25) is 0 Å². The molecular formula is C11H15NOS. The number of amides is 1. The molecule has 1 N–H and O–H groups in total. The second-order valence-corrected chi connectivity index (χ2v) is 4.03. The van der Waals surface area contributed by atoms with E-state index < -0.39 is 0 Å². The number of carbonyl (C=O) groups excluding carboxylic acids is 1. The van der Waals surface area contributed by atoms with Crippen LogP contribution in [0.3, 0.4) is 0 Å². The lowest BCUT2D eigenvalue weighted by Crippen LogP contribution is -2.07. The van der Waals surface area contributed by atoms with Gasteiger partial charge in [0, 0.05) is 5.69 Å². The average molecular weight is 209 g/mol. The summed E-state index contributed by atoms with van der Waals surface area (Å²) in [6.45, 7) is 6.18. The smallest absolute Gasteiger partial charge is 0.280 e. The van der Waals surface area contributed by atoms with E-state index in [-0.39, 0.29) is 5.24 Å². The number of nitrogens with one attached hydrogen (secondary N) is 1. The number of aryl methyl sites for hydroxylation is 1. The number of carbonyl (C=O) groups is 1.